The SMILES string of the molecule is N#C[C@H]1C(=N)C(C#N)(C#N)[C@H](c2ccccc2)[C@@H]2C[NH2+]CC=C12. The van der Waals surface area contributed by atoms with Crippen molar-refractivity contribution in [3.8, 4) is 18.2 Å². The number of nitrogens with zero attached hydrogens (tertiary/aromatic N) is 3. The molecule has 3 atom stereocenters. The number of nitrogens with two attached hydrogens (primary N) is 1. The largest absolute Gasteiger partial charge is 0.342 e. The molecule has 1 aliphatic carbocycles. The van der Waals surface area contributed by atoms with E-state index in [9.17, 15) is 15.8 Å². The molecule has 1 saturated carbocycles. The van der Waals surface area contributed by atoms with E-state index in [4.69, 9.17) is 5.41 Å². The van der Waals surface area contributed by atoms with Gasteiger partial charge in [0, 0.05) is 11.8 Å². The predicted octanol–water partition coefficient (Wildman–Crippen LogP) is 1.10. The van der Waals surface area contributed by atoms with E-state index in [1.165, 1.54) is 0 Å². The van der Waals surface area contributed by atoms with Crippen molar-refractivity contribution < 1.29 is 5.32 Å². The fourth-order valence-corrected chi connectivity index (χ4v) is 3.87. The van der Waals surface area contributed by atoms with Crippen molar-refractivity contribution >= 4 is 5.71 Å². The smallest absolute Gasteiger partial charge is 0.189 e. The zero-order valence-electron chi connectivity index (χ0n) is 12.5. The van der Waals surface area contributed by atoms with Gasteiger partial charge in [-0.25, -0.2) is 0 Å². The molecule has 23 heavy (non-hydrogen) atoms. The van der Waals surface area contributed by atoms with E-state index in [1.807, 2.05) is 36.4 Å². The number of hydrogen-bond donors (Lipinski definition) is 2. The molecule has 2 aliphatic rings. The fraction of sp³-hybridized carbons (Fsp3) is 0.333. The lowest BCUT2D eigenvalue weighted by atomic mass is 9.54. The molecular formula is C18H16N5+. The van der Waals surface area contributed by atoms with E-state index in [0.29, 0.717) is 0 Å². The van der Waals surface area contributed by atoms with Gasteiger partial charge in [0.1, 0.15) is 5.92 Å². The van der Waals surface area contributed by atoms with Crippen molar-refractivity contribution in [2.45, 2.75) is 5.92 Å². The molecule has 0 spiro atoms. The molecule has 0 aromatic heterocycles. The molecule has 1 heterocycles. The maximum absolute atomic E-state index is 9.79. The molecule has 1 aromatic rings. The zero-order valence-corrected chi connectivity index (χ0v) is 12.5. The minimum atomic E-state index is -1.59. The Balaban J connectivity index is 2.26. The van der Waals surface area contributed by atoms with Gasteiger partial charge in [0.05, 0.1) is 37.0 Å². The van der Waals surface area contributed by atoms with E-state index >= 15 is 0 Å². The Morgan fingerprint density at radius 3 is 2.43 bits per heavy atom. The molecule has 1 aliphatic heterocycles. The number of quaternary nitrogens is 1. The summed E-state index contributed by atoms with van der Waals surface area (Å²) in [6.07, 6.45) is 1.99. The molecule has 0 amide bonds. The molecule has 1 fully saturated rings. The predicted molar refractivity (Wildman–Crippen MR) is 82.9 cm³/mol. The molecule has 3 rings (SSSR count). The third kappa shape index (κ3) is 2.05. The lowest BCUT2D eigenvalue weighted by molar-refractivity contribution is -0.654. The highest BCUT2D eigenvalue weighted by Gasteiger charge is 2.57. The van der Waals surface area contributed by atoms with Crippen molar-refractivity contribution in [3.63, 3.8) is 0 Å². The van der Waals surface area contributed by atoms with Gasteiger partial charge in [-0.2, -0.15) is 15.8 Å². The average molecular weight is 302 g/mol. The summed E-state index contributed by atoms with van der Waals surface area (Å²) in [6.45, 7) is 1.49. The van der Waals surface area contributed by atoms with Crippen LogP contribution in [-0.2, 0) is 0 Å². The van der Waals surface area contributed by atoms with Crippen LogP contribution in [-0.4, -0.2) is 18.8 Å². The highest BCUT2D eigenvalue weighted by atomic mass is 14.9. The minimum absolute atomic E-state index is 0.0794. The third-order valence-electron chi connectivity index (χ3n) is 4.93. The first kappa shape index (κ1) is 15.0. The number of rotatable bonds is 1. The van der Waals surface area contributed by atoms with Crippen LogP contribution in [0.5, 0.6) is 0 Å². The summed E-state index contributed by atoms with van der Waals surface area (Å²) in [7, 11) is 0. The van der Waals surface area contributed by atoms with Gasteiger partial charge in [0.2, 0.25) is 0 Å². The van der Waals surface area contributed by atoms with Crippen molar-refractivity contribution in [2.75, 3.05) is 13.1 Å². The molecule has 5 nitrogen and oxygen atoms in total. The van der Waals surface area contributed by atoms with Crippen LogP contribution in [0.15, 0.2) is 42.0 Å². The van der Waals surface area contributed by atoms with Crippen LogP contribution in [0.4, 0.5) is 0 Å². The monoisotopic (exact) mass is 302 g/mol. The van der Waals surface area contributed by atoms with Gasteiger partial charge in [-0.1, -0.05) is 30.3 Å². The van der Waals surface area contributed by atoms with Crippen LogP contribution in [0.2, 0.25) is 0 Å². The summed E-state index contributed by atoms with van der Waals surface area (Å²) in [5, 5.41) is 39.7. The second-order valence-corrected chi connectivity index (χ2v) is 5.97. The third-order valence-corrected chi connectivity index (χ3v) is 4.93. The van der Waals surface area contributed by atoms with Crippen LogP contribution in [0.25, 0.3) is 0 Å². The number of benzene rings is 1. The number of nitrogens with one attached hydrogen (secondary N) is 1. The Labute approximate surface area is 135 Å². The quantitative estimate of drug-likeness (QED) is 0.757. The summed E-state index contributed by atoms with van der Waals surface area (Å²) < 4.78 is 0. The lowest BCUT2D eigenvalue weighted by Gasteiger charge is -2.44. The first-order valence-electron chi connectivity index (χ1n) is 7.57. The summed E-state index contributed by atoms with van der Waals surface area (Å²) >= 11 is 0. The topological polar surface area (TPSA) is 112 Å². The summed E-state index contributed by atoms with van der Waals surface area (Å²) in [6, 6.07) is 15.8. The van der Waals surface area contributed by atoms with Crippen molar-refractivity contribution in [2.24, 2.45) is 17.3 Å². The number of fused-ring (bicyclic) bond motifs is 1. The van der Waals surface area contributed by atoms with Crippen molar-refractivity contribution in [3.05, 3.63) is 47.5 Å². The molecule has 0 saturated heterocycles. The lowest BCUT2D eigenvalue weighted by Crippen LogP contribution is -2.87. The second-order valence-electron chi connectivity index (χ2n) is 5.97. The Morgan fingerprint density at radius 1 is 1.13 bits per heavy atom. The number of hydrogen-bond acceptors (Lipinski definition) is 4. The normalized spacial score (nSPS) is 28.5. The summed E-state index contributed by atoms with van der Waals surface area (Å²) in [4.78, 5) is 0. The minimum Gasteiger partial charge on any atom is -0.342 e. The van der Waals surface area contributed by atoms with Gasteiger partial charge in [-0.15, -0.1) is 0 Å². The van der Waals surface area contributed by atoms with Gasteiger partial charge in [0.25, 0.3) is 0 Å². The van der Waals surface area contributed by atoms with Crippen molar-refractivity contribution in [1.29, 1.82) is 21.2 Å². The van der Waals surface area contributed by atoms with Gasteiger partial charge >= 0.3 is 0 Å². The molecule has 0 unspecified atom stereocenters. The van der Waals surface area contributed by atoms with Crippen molar-refractivity contribution in [1.82, 2.24) is 0 Å². The summed E-state index contributed by atoms with van der Waals surface area (Å²) in [5.41, 5.74) is 0.107. The molecular weight excluding hydrogens is 286 g/mol. The van der Waals surface area contributed by atoms with Crippen LogP contribution in [0, 0.1) is 56.7 Å². The summed E-state index contributed by atoms with van der Waals surface area (Å²) in [5.74, 6) is -1.27. The average Bonchev–Trinajstić information content (AvgIpc) is 2.61. The standard InChI is InChI=1S/C18H15N5/c19-8-14-13-6-7-23-9-15(13)16(12-4-2-1-3-5-12)18(10-20,11-21)17(14)22/h1-6,14-16,22-23H,7,9H2/p+1/t14-,15-,16-/m1/s1. The van der Waals surface area contributed by atoms with E-state index < -0.39 is 17.3 Å². The van der Waals surface area contributed by atoms with Gasteiger partial charge in [0.15, 0.2) is 5.41 Å². The van der Waals surface area contributed by atoms with Crippen LogP contribution >= 0.6 is 0 Å². The van der Waals surface area contributed by atoms with E-state index in [2.05, 4.69) is 23.5 Å². The number of nitriles is 3. The molecule has 0 radical (unpaired) electrons. The van der Waals surface area contributed by atoms with Gasteiger partial charge in [-0.3, -0.25) is 0 Å². The van der Waals surface area contributed by atoms with E-state index in [1.54, 1.807) is 0 Å². The zero-order chi connectivity index (χ0) is 16.4. The maximum Gasteiger partial charge on any atom is 0.189 e. The Hall–Kier alpha value is -2.94. The Bertz CT molecular complexity index is 773. The molecule has 5 heteroatoms. The highest BCUT2D eigenvalue weighted by Crippen LogP contribution is 2.52. The first-order valence-corrected chi connectivity index (χ1v) is 7.57. The van der Waals surface area contributed by atoms with Crippen LogP contribution < -0.4 is 5.32 Å². The van der Waals surface area contributed by atoms with Crippen LogP contribution in [0.3, 0.4) is 0 Å². The van der Waals surface area contributed by atoms with E-state index in [0.717, 1.165) is 24.2 Å². The van der Waals surface area contributed by atoms with Gasteiger partial charge in [-0.05, 0) is 17.2 Å². The highest BCUT2D eigenvalue weighted by molar-refractivity contribution is 6.00. The van der Waals surface area contributed by atoms with Crippen LogP contribution in [0.1, 0.15) is 11.5 Å². The molecule has 112 valence electrons. The maximum atomic E-state index is 9.79. The fourth-order valence-electron chi connectivity index (χ4n) is 3.87. The van der Waals surface area contributed by atoms with Gasteiger partial charge < -0.3 is 10.7 Å². The molecule has 3 N–H and O–H groups in total. The van der Waals surface area contributed by atoms with E-state index in [-0.39, 0.29) is 11.6 Å². The second kappa shape index (κ2) is 5.69. The Morgan fingerprint density at radius 2 is 1.83 bits per heavy atom. The first-order chi connectivity index (χ1) is 11.2. The molecule has 0 bridgehead atoms. The molecule has 1 aromatic carbocycles. The Kier molecular flexibility index (Phi) is 3.70.